The molecule has 3 heterocycles. The van der Waals surface area contributed by atoms with E-state index >= 15 is 0 Å². The Kier molecular flexibility index (Phi) is 4.51. The van der Waals surface area contributed by atoms with Gasteiger partial charge in [-0.2, -0.15) is 0 Å². The predicted molar refractivity (Wildman–Crippen MR) is 81.8 cm³/mol. The van der Waals surface area contributed by atoms with E-state index in [2.05, 4.69) is 28.2 Å². The van der Waals surface area contributed by atoms with E-state index in [-0.39, 0.29) is 5.92 Å². The molecule has 1 N–H and O–H groups in total. The molecule has 0 aliphatic carbocycles. The standard InChI is InChI=1S/C16H24N4O/c1-13(14-3-2-5-17-11-14)19-7-9-20(10-8-19)16(21)15-4-6-18-12-15/h2-3,5,11,13,15,18H,4,6-10,12H2,1H3. The Morgan fingerprint density at radius 3 is 2.81 bits per heavy atom. The summed E-state index contributed by atoms with van der Waals surface area (Å²) in [6.45, 7) is 7.64. The van der Waals surface area contributed by atoms with Gasteiger partial charge in [-0.1, -0.05) is 6.07 Å². The van der Waals surface area contributed by atoms with Gasteiger partial charge in [-0.05, 0) is 31.5 Å². The molecule has 0 spiro atoms. The number of carbonyl (C=O) groups excluding carboxylic acids is 1. The molecule has 2 saturated heterocycles. The summed E-state index contributed by atoms with van der Waals surface area (Å²) < 4.78 is 0. The van der Waals surface area contributed by atoms with Gasteiger partial charge in [0.15, 0.2) is 0 Å². The minimum atomic E-state index is 0.201. The fraction of sp³-hybridized carbons (Fsp3) is 0.625. The molecule has 21 heavy (non-hydrogen) atoms. The van der Waals surface area contributed by atoms with Crippen LogP contribution >= 0.6 is 0 Å². The normalized spacial score (nSPS) is 25.0. The maximum Gasteiger partial charge on any atom is 0.227 e. The quantitative estimate of drug-likeness (QED) is 0.897. The summed E-state index contributed by atoms with van der Waals surface area (Å²) in [6.07, 6.45) is 4.74. The third kappa shape index (κ3) is 3.24. The lowest BCUT2D eigenvalue weighted by Gasteiger charge is -2.39. The highest BCUT2D eigenvalue weighted by molar-refractivity contribution is 5.79. The van der Waals surface area contributed by atoms with E-state index in [1.807, 2.05) is 23.4 Å². The largest absolute Gasteiger partial charge is 0.340 e. The molecule has 5 heteroatoms. The smallest absolute Gasteiger partial charge is 0.227 e. The van der Waals surface area contributed by atoms with E-state index in [9.17, 15) is 4.79 Å². The average Bonchev–Trinajstić information content (AvgIpc) is 3.09. The zero-order valence-corrected chi connectivity index (χ0v) is 12.7. The second-order valence-corrected chi connectivity index (χ2v) is 6.01. The van der Waals surface area contributed by atoms with Crippen LogP contribution in [0.2, 0.25) is 0 Å². The van der Waals surface area contributed by atoms with Crippen LogP contribution in [0.1, 0.15) is 24.9 Å². The van der Waals surface area contributed by atoms with Crippen molar-refractivity contribution in [2.24, 2.45) is 5.92 Å². The van der Waals surface area contributed by atoms with Crippen molar-refractivity contribution < 1.29 is 4.79 Å². The summed E-state index contributed by atoms with van der Waals surface area (Å²) in [7, 11) is 0. The maximum absolute atomic E-state index is 12.4. The summed E-state index contributed by atoms with van der Waals surface area (Å²) in [4.78, 5) is 21.1. The van der Waals surface area contributed by atoms with E-state index in [1.54, 1.807) is 0 Å². The van der Waals surface area contributed by atoms with Gasteiger partial charge in [0.2, 0.25) is 5.91 Å². The number of amides is 1. The van der Waals surface area contributed by atoms with Crippen LogP contribution in [0, 0.1) is 5.92 Å². The van der Waals surface area contributed by atoms with Crippen molar-refractivity contribution in [3.63, 3.8) is 0 Å². The Bertz CT molecular complexity index is 464. The zero-order chi connectivity index (χ0) is 14.7. The van der Waals surface area contributed by atoms with Crippen LogP contribution in [-0.4, -0.2) is 60.0 Å². The van der Waals surface area contributed by atoms with Gasteiger partial charge >= 0.3 is 0 Å². The van der Waals surface area contributed by atoms with Crippen LogP contribution in [0.3, 0.4) is 0 Å². The van der Waals surface area contributed by atoms with E-state index < -0.39 is 0 Å². The van der Waals surface area contributed by atoms with Crippen molar-refractivity contribution in [1.82, 2.24) is 20.1 Å². The third-order valence-electron chi connectivity index (χ3n) is 4.75. The number of aromatic nitrogens is 1. The summed E-state index contributed by atoms with van der Waals surface area (Å²) in [6, 6.07) is 4.47. The monoisotopic (exact) mass is 288 g/mol. The molecule has 1 amide bonds. The molecule has 0 bridgehead atoms. The molecule has 0 radical (unpaired) electrons. The lowest BCUT2D eigenvalue weighted by atomic mass is 10.1. The molecule has 0 saturated carbocycles. The van der Waals surface area contributed by atoms with Gasteiger partial charge in [0.05, 0.1) is 5.92 Å². The van der Waals surface area contributed by atoms with Crippen molar-refractivity contribution in [1.29, 1.82) is 0 Å². The summed E-state index contributed by atoms with van der Waals surface area (Å²) in [5.41, 5.74) is 1.25. The topological polar surface area (TPSA) is 48.5 Å². The van der Waals surface area contributed by atoms with Gasteiger partial charge in [-0.3, -0.25) is 14.7 Å². The number of piperazine rings is 1. The fourth-order valence-corrected chi connectivity index (χ4v) is 3.29. The molecular weight excluding hydrogens is 264 g/mol. The second-order valence-electron chi connectivity index (χ2n) is 6.01. The average molecular weight is 288 g/mol. The molecule has 2 atom stereocenters. The van der Waals surface area contributed by atoms with Crippen LogP contribution in [0.25, 0.3) is 0 Å². The highest BCUT2D eigenvalue weighted by Gasteiger charge is 2.30. The Balaban J connectivity index is 1.54. The first kappa shape index (κ1) is 14.5. The minimum absolute atomic E-state index is 0.201. The summed E-state index contributed by atoms with van der Waals surface area (Å²) in [5, 5.41) is 3.28. The molecule has 2 fully saturated rings. The Labute approximate surface area is 126 Å². The maximum atomic E-state index is 12.4. The zero-order valence-electron chi connectivity index (χ0n) is 12.7. The van der Waals surface area contributed by atoms with Gasteiger partial charge in [0.1, 0.15) is 0 Å². The molecule has 2 unspecified atom stereocenters. The second kappa shape index (κ2) is 6.54. The lowest BCUT2D eigenvalue weighted by Crippen LogP contribution is -2.51. The van der Waals surface area contributed by atoms with Crippen molar-refractivity contribution in [3.8, 4) is 0 Å². The summed E-state index contributed by atoms with van der Waals surface area (Å²) in [5.74, 6) is 0.543. The molecule has 2 aliphatic rings. The number of nitrogens with zero attached hydrogens (tertiary/aromatic N) is 3. The van der Waals surface area contributed by atoms with E-state index in [1.165, 1.54) is 5.56 Å². The number of nitrogens with one attached hydrogen (secondary N) is 1. The van der Waals surface area contributed by atoms with Crippen molar-refractivity contribution in [2.75, 3.05) is 39.3 Å². The van der Waals surface area contributed by atoms with E-state index in [0.717, 1.165) is 45.7 Å². The Morgan fingerprint density at radius 1 is 1.38 bits per heavy atom. The molecule has 2 aliphatic heterocycles. The number of hydrogen-bond donors (Lipinski definition) is 1. The molecule has 1 aromatic rings. The van der Waals surface area contributed by atoms with Crippen LogP contribution in [0.5, 0.6) is 0 Å². The first-order valence-electron chi connectivity index (χ1n) is 7.89. The molecule has 1 aromatic heterocycles. The van der Waals surface area contributed by atoms with Gasteiger partial charge in [-0.25, -0.2) is 0 Å². The van der Waals surface area contributed by atoms with Gasteiger partial charge < -0.3 is 10.2 Å². The predicted octanol–water partition coefficient (Wildman–Crippen LogP) is 0.896. The van der Waals surface area contributed by atoms with Gasteiger partial charge in [0.25, 0.3) is 0 Å². The van der Waals surface area contributed by atoms with Crippen LogP contribution in [-0.2, 0) is 4.79 Å². The van der Waals surface area contributed by atoms with Gasteiger partial charge in [0, 0.05) is 51.2 Å². The fourth-order valence-electron chi connectivity index (χ4n) is 3.29. The molecule has 3 rings (SSSR count). The van der Waals surface area contributed by atoms with Crippen molar-refractivity contribution >= 4 is 5.91 Å². The lowest BCUT2D eigenvalue weighted by molar-refractivity contribution is -0.137. The Morgan fingerprint density at radius 2 is 2.19 bits per heavy atom. The highest BCUT2D eigenvalue weighted by Crippen LogP contribution is 2.21. The molecular formula is C16H24N4O. The minimum Gasteiger partial charge on any atom is -0.340 e. The molecule has 5 nitrogen and oxygen atoms in total. The molecule has 114 valence electrons. The van der Waals surface area contributed by atoms with E-state index in [4.69, 9.17) is 0 Å². The first-order chi connectivity index (χ1) is 10.3. The van der Waals surface area contributed by atoms with Gasteiger partial charge in [-0.15, -0.1) is 0 Å². The number of carbonyl (C=O) groups is 1. The number of rotatable bonds is 3. The SMILES string of the molecule is CC(c1cccnc1)N1CCN(C(=O)C2CCNC2)CC1. The molecule has 0 aromatic carbocycles. The number of pyridine rings is 1. The third-order valence-corrected chi connectivity index (χ3v) is 4.75. The number of hydrogen-bond acceptors (Lipinski definition) is 4. The van der Waals surface area contributed by atoms with Crippen molar-refractivity contribution in [3.05, 3.63) is 30.1 Å². The van der Waals surface area contributed by atoms with Crippen LogP contribution in [0.4, 0.5) is 0 Å². The highest BCUT2D eigenvalue weighted by atomic mass is 16.2. The first-order valence-corrected chi connectivity index (χ1v) is 7.89. The Hall–Kier alpha value is -1.46. The summed E-state index contributed by atoms with van der Waals surface area (Å²) >= 11 is 0. The van der Waals surface area contributed by atoms with Crippen molar-refractivity contribution in [2.45, 2.75) is 19.4 Å². The van der Waals surface area contributed by atoms with Crippen LogP contribution in [0.15, 0.2) is 24.5 Å². The van der Waals surface area contributed by atoms with Crippen LogP contribution < -0.4 is 5.32 Å². The van der Waals surface area contributed by atoms with E-state index in [0.29, 0.717) is 11.9 Å².